The maximum absolute atomic E-state index is 14.9. The fourth-order valence-corrected chi connectivity index (χ4v) is 8.34. The lowest BCUT2D eigenvalue weighted by molar-refractivity contribution is -0.160. The van der Waals surface area contributed by atoms with E-state index in [-0.39, 0.29) is 64.7 Å². The first-order valence-corrected chi connectivity index (χ1v) is 19.6. The number of esters is 1. The van der Waals surface area contributed by atoms with Crippen molar-refractivity contribution in [3.05, 3.63) is 69.8 Å². The minimum atomic E-state index is -2.08. The Labute approximate surface area is 338 Å². The Morgan fingerprint density at radius 3 is 2.14 bits per heavy atom. The predicted octanol–water partition coefficient (Wildman–Crippen LogP) is 4.07. The molecule has 1 aromatic carbocycles. The zero-order chi connectivity index (χ0) is 43.1. The van der Waals surface area contributed by atoms with E-state index in [9.17, 15) is 39.3 Å². The topological polar surface area (TPSA) is 207 Å². The molecular weight excluding hydrogens is 752 g/mol. The van der Waals surface area contributed by atoms with Crippen LogP contribution in [0.4, 0.5) is 0 Å². The Morgan fingerprint density at radius 1 is 0.897 bits per heavy atom. The van der Waals surface area contributed by atoms with Crippen molar-refractivity contribution in [2.45, 2.75) is 112 Å². The molecule has 1 amide bonds. The number of aliphatic hydroxyl groups excluding tert-OH is 2. The number of carbonyl (C=O) groups is 5. The van der Waals surface area contributed by atoms with E-state index in [0.29, 0.717) is 0 Å². The fourth-order valence-electron chi connectivity index (χ4n) is 8.34. The number of phenolic OH excluding ortho intramolecular Hbond substituents is 1. The molecule has 0 unspecified atom stereocenters. The lowest BCUT2D eigenvalue weighted by atomic mass is 9.78. The molecule has 15 heteroatoms. The van der Waals surface area contributed by atoms with Crippen LogP contribution < -0.4 is 10.1 Å². The number of fused-ring (bicyclic) bond motifs is 14. The summed E-state index contributed by atoms with van der Waals surface area (Å²) < 4.78 is 29.4. The van der Waals surface area contributed by atoms with E-state index in [0.717, 1.165) is 0 Å². The van der Waals surface area contributed by atoms with Gasteiger partial charge < -0.3 is 49.2 Å². The van der Waals surface area contributed by atoms with Gasteiger partial charge >= 0.3 is 11.8 Å². The molecule has 0 spiro atoms. The van der Waals surface area contributed by atoms with Crippen LogP contribution in [0.25, 0.3) is 0 Å². The van der Waals surface area contributed by atoms with Gasteiger partial charge in [-0.25, -0.2) is 0 Å². The molecule has 1 aliphatic carbocycles. The monoisotopic (exact) mass is 808 g/mol. The summed E-state index contributed by atoms with van der Waals surface area (Å²) in [5.74, 6) is -9.14. The first-order valence-electron chi connectivity index (χ1n) is 19.6. The second kappa shape index (κ2) is 17.2. The molecule has 58 heavy (non-hydrogen) atoms. The summed E-state index contributed by atoms with van der Waals surface area (Å²) in [5, 5.41) is 37.0. The third-order valence-electron chi connectivity index (χ3n) is 11.7. The average molecular weight is 809 g/mol. The van der Waals surface area contributed by atoms with Gasteiger partial charge in [-0.2, -0.15) is 0 Å². The Bertz CT molecular complexity index is 1970. The number of methoxy groups -OCH3 is 1. The summed E-state index contributed by atoms with van der Waals surface area (Å²) in [6.45, 7) is 16.4. The predicted molar refractivity (Wildman–Crippen MR) is 210 cm³/mol. The van der Waals surface area contributed by atoms with Crippen molar-refractivity contribution in [1.82, 2.24) is 10.2 Å². The normalized spacial score (nSPS) is 35.7. The van der Waals surface area contributed by atoms with E-state index < -0.39 is 94.4 Å². The Morgan fingerprint density at radius 2 is 1.53 bits per heavy atom. The first-order chi connectivity index (χ1) is 27.1. The summed E-state index contributed by atoms with van der Waals surface area (Å²) in [7, 11) is 1.43. The van der Waals surface area contributed by atoms with Gasteiger partial charge in [-0.3, -0.25) is 24.0 Å². The minimum absolute atomic E-state index is 0.000252. The van der Waals surface area contributed by atoms with Gasteiger partial charge in [0.15, 0.2) is 0 Å². The number of nitrogens with zero attached hydrogens (tertiary/aromatic N) is 1. The largest absolute Gasteiger partial charge is 0.507 e. The number of ketones is 3. The summed E-state index contributed by atoms with van der Waals surface area (Å²) in [4.78, 5) is 71.6. The molecule has 4 N–H and O–H groups in total. The molecule has 0 aromatic heterocycles. The van der Waals surface area contributed by atoms with Crippen LogP contribution >= 0.6 is 0 Å². The molecule has 5 aliphatic rings. The SMILES string of the molecule is CO[C@H]1/C=C/O[C@@]2(C)Oc3c(C)c(O)c4c(c3C2=O)C(=O)C(N2C[C@@H](C)O[C@@H](C)C2)=C(NC(=O)/C(C)=C\C=C\[C@H](C)[C@H](O)[C@@H](C)[C@H](O)[C@H](C)[C@H](OC(C)=O)[C@@H]1C)C4=O. The van der Waals surface area contributed by atoms with Crippen molar-refractivity contribution in [1.29, 1.82) is 0 Å². The second-order valence-electron chi connectivity index (χ2n) is 16.2. The highest BCUT2D eigenvalue weighted by molar-refractivity contribution is 6.32. The molecule has 5 bridgehead atoms. The zero-order valence-corrected chi connectivity index (χ0v) is 34.9. The summed E-state index contributed by atoms with van der Waals surface area (Å²) >= 11 is 0. The number of morpholine rings is 1. The number of aromatic hydroxyl groups is 1. The molecule has 4 heterocycles. The van der Waals surface area contributed by atoms with Crippen molar-refractivity contribution < 1.29 is 63.0 Å². The number of hydrogen-bond acceptors (Lipinski definition) is 14. The lowest BCUT2D eigenvalue weighted by Crippen LogP contribution is -2.49. The van der Waals surface area contributed by atoms with Crippen molar-refractivity contribution in [3.63, 3.8) is 0 Å². The van der Waals surface area contributed by atoms with E-state index in [1.165, 1.54) is 53.2 Å². The standard InChI is InChI=1S/C43H56N2O13/c1-19-13-12-14-20(2)42(53)44-32-33(45-17-21(3)56-22(4)18-45)38(51)29-30(37(32)50)36(49)26(8)40-31(29)41(52)43(10,58-40)55-16-15-28(54-11)23(5)39(57-27(9)46)25(7)35(48)24(6)34(19)47/h12-16,19,21-25,28,34-35,39,47-49H,17-18H2,1-11H3,(H,44,53)/b13-12+,16-15+,20-14-/t19-,21-,22+,23+,24+,25-,28-,34-,35-,39+,43-/m0/s1. The number of benzene rings is 1. The number of carbonyl (C=O) groups excluding carboxylic acids is 5. The van der Waals surface area contributed by atoms with E-state index in [1.54, 1.807) is 58.6 Å². The van der Waals surface area contributed by atoms with Crippen LogP contribution in [-0.4, -0.2) is 112 Å². The molecule has 6 rings (SSSR count). The highest BCUT2D eigenvalue weighted by Gasteiger charge is 2.53. The molecule has 316 valence electrons. The van der Waals surface area contributed by atoms with Gasteiger partial charge in [0.05, 0.1) is 53.5 Å². The van der Waals surface area contributed by atoms with Crippen LogP contribution in [0.1, 0.15) is 99.0 Å². The fraction of sp³-hybridized carbons (Fsp3) is 0.558. The zero-order valence-electron chi connectivity index (χ0n) is 34.9. The summed E-state index contributed by atoms with van der Waals surface area (Å²) in [5.41, 5.74) is -1.50. The number of Topliss-reactive ketones (excluding diaryl/α,β-unsaturated/α-hetero) is 3. The van der Waals surface area contributed by atoms with Crippen LogP contribution in [0.3, 0.4) is 0 Å². The number of nitrogens with one attached hydrogen (secondary N) is 1. The van der Waals surface area contributed by atoms with Crippen molar-refractivity contribution in [3.8, 4) is 11.5 Å². The average Bonchev–Trinajstić information content (AvgIpc) is 3.42. The number of aliphatic hydroxyl groups is 2. The van der Waals surface area contributed by atoms with Crippen molar-refractivity contribution in [2.75, 3.05) is 20.2 Å². The maximum Gasteiger partial charge on any atom is 0.312 e. The van der Waals surface area contributed by atoms with Crippen LogP contribution in [0.2, 0.25) is 0 Å². The van der Waals surface area contributed by atoms with Gasteiger partial charge in [0.2, 0.25) is 11.6 Å². The van der Waals surface area contributed by atoms with Crippen LogP contribution in [0, 0.1) is 30.6 Å². The van der Waals surface area contributed by atoms with E-state index in [4.69, 9.17) is 23.7 Å². The first kappa shape index (κ1) is 44.3. The van der Waals surface area contributed by atoms with Crippen molar-refractivity contribution >= 4 is 29.2 Å². The Balaban J connectivity index is 1.69. The Kier molecular flexibility index (Phi) is 13.1. The summed E-state index contributed by atoms with van der Waals surface area (Å²) in [6.07, 6.45) is 2.69. The highest BCUT2D eigenvalue weighted by atomic mass is 16.7. The van der Waals surface area contributed by atoms with Crippen LogP contribution in [0.5, 0.6) is 11.5 Å². The van der Waals surface area contributed by atoms with Crippen LogP contribution in [0.15, 0.2) is 47.5 Å². The van der Waals surface area contributed by atoms with Crippen molar-refractivity contribution in [2.24, 2.45) is 23.7 Å². The number of allylic oxidation sites excluding steroid dienone is 4. The number of rotatable bonds is 3. The lowest BCUT2D eigenvalue weighted by Gasteiger charge is -2.39. The second-order valence-corrected chi connectivity index (χ2v) is 16.2. The highest BCUT2D eigenvalue weighted by Crippen LogP contribution is 2.49. The van der Waals surface area contributed by atoms with Gasteiger partial charge in [0.1, 0.15) is 29.0 Å². The van der Waals surface area contributed by atoms with E-state index >= 15 is 0 Å². The molecule has 15 nitrogen and oxygen atoms in total. The van der Waals surface area contributed by atoms with E-state index in [1.807, 2.05) is 0 Å². The van der Waals surface area contributed by atoms with Gasteiger partial charge in [-0.05, 0) is 33.8 Å². The van der Waals surface area contributed by atoms with Gasteiger partial charge in [0, 0.05) is 68.9 Å². The minimum Gasteiger partial charge on any atom is -0.507 e. The molecule has 1 saturated heterocycles. The maximum atomic E-state index is 14.9. The van der Waals surface area contributed by atoms with Gasteiger partial charge in [-0.15, -0.1) is 0 Å². The third-order valence-corrected chi connectivity index (χ3v) is 11.7. The molecule has 4 aliphatic heterocycles. The number of phenols is 1. The van der Waals surface area contributed by atoms with Gasteiger partial charge in [0.25, 0.3) is 11.7 Å². The molecule has 1 aromatic rings. The molecule has 0 saturated carbocycles. The third kappa shape index (κ3) is 8.22. The van der Waals surface area contributed by atoms with E-state index in [2.05, 4.69) is 5.32 Å². The Hall–Kier alpha value is -4.83. The molecular formula is C43H56N2O13. The van der Waals surface area contributed by atoms with Crippen LogP contribution in [-0.2, 0) is 28.5 Å². The number of ether oxygens (including phenoxy) is 5. The number of hydrogen-bond donors (Lipinski definition) is 4. The molecule has 11 atom stereocenters. The molecule has 0 radical (unpaired) electrons. The van der Waals surface area contributed by atoms with Gasteiger partial charge in [-0.1, -0.05) is 45.9 Å². The number of amides is 1. The molecule has 1 fully saturated rings. The smallest absolute Gasteiger partial charge is 0.312 e. The summed E-state index contributed by atoms with van der Waals surface area (Å²) in [6, 6.07) is 0. The quantitative estimate of drug-likeness (QED) is 0.318.